The minimum atomic E-state index is -4.43. The van der Waals surface area contributed by atoms with Crippen LogP contribution in [0.5, 0.6) is 0 Å². The third-order valence-corrected chi connectivity index (χ3v) is 2.76. The standard InChI is InChI=1S/C11H20F3N3O2/c1-7(9(18)15-3)5-17(4)8(2)10(19)16-6-11(12,13)14/h7-8H,5-6H2,1-4H3,(H,15,18)(H,16,19)/t7-,8+/m1/s1. The van der Waals surface area contributed by atoms with Crippen molar-refractivity contribution in [3.05, 3.63) is 0 Å². The van der Waals surface area contributed by atoms with Crippen LogP contribution in [0.3, 0.4) is 0 Å². The third kappa shape index (κ3) is 7.00. The molecule has 0 aliphatic heterocycles. The van der Waals surface area contributed by atoms with E-state index in [1.165, 1.54) is 18.9 Å². The molecule has 8 heteroatoms. The second-order valence-electron chi connectivity index (χ2n) is 4.46. The van der Waals surface area contributed by atoms with Crippen molar-refractivity contribution in [1.29, 1.82) is 0 Å². The van der Waals surface area contributed by atoms with Crippen LogP contribution in [0.2, 0.25) is 0 Å². The Morgan fingerprint density at radius 1 is 1.21 bits per heavy atom. The number of alkyl halides is 3. The summed E-state index contributed by atoms with van der Waals surface area (Å²) in [5, 5.41) is 4.28. The summed E-state index contributed by atoms with van der Waals surface area (Å²) in [7, 11) is 3.08. The maximum absolute atomic E-state index is 12.0. The highest BCUT2D eigenvalue weighted by Gasteiger charge is 2.29. The summed E-state index contributed by atoms with van der Waals surface area (Å²) in [5.41, 5.74) is 0. The molecule has 112 valence electrons. The van der Waals surface area contributed by atoms with E-state index in [4.69, 9.17) is 0 Å². The van der Waals surface area contributed by atoms with Gasteiger partial charge in [-0.05, 0) is 14.0 Å². The van der Waals surface area contributed by atoms with E-state index >= 15 is 0 Å². The van der Waals surface area contributed by atoms with E-state index in [2.05, 4.69) is 5.32 Å². The van der Waals surface area contributed by atoms with Gasteiger partial charge in [-0.2, -0.15) is 13.2 Å². The average Bonchev–Trinajstić information content (AvgIpc) is 2.32. The number of amides is 2. The normalized spacial score (nSPS) is 14.9. The number of hydrogen-bond donors (Lipinski definition) is 2. The van der Waals surface area contributed by atoms with E-state index in [0.29, 0.717) is 0 Å². The van der Waals surface area contributed by atoms with E-state index in [9.17, 15) is 22.8 Å². The van der Waals surface area contributed by atoms with Gasteiger partial charge in [-0.1, -0.05) is 6.92 Å². The van der Waals surface area contributed by atoms with E-state index in [1.807, 2.05) is 5.32 Å². The maximum Gasteiger partial charge on any atom is 0.405 e. The van der Waals surface area contributed by atoms with Gasteiger partial charge >= 0.3 is 6.18 Å². The number of rotatable bonds is 6. The van der Waals surface area contributed by atoms with Gasteiger partial charge in [0.25, 0.3) is 0 Å². The molecule has 0 aliphatic carbocycles. The second kappa shape index (κ2) is 7.32. The molecule has 0 bridgehead atoms. The SMILES string of the molecule is CNC(=O)[C@H](C)CN(C)[C@@H](C)C(=O)NCC(F)(F)F. The van der Waals surface area contributed by atoms with E-state index < -0.39 is 24.7 Å². The lowest BCUT2D eigenvalue weighted by molar-refractivity contribution is -0.141. The Balaban J connectivity index is 4.28. The minimum absolute atomic E-state index is 0.185. The first-order chi connectivity index (χ1) is 8.58. The summed E-state index contributed by atoms with van der Waals surface area (Å²) in [6.07, 6.45) is -4.43. The summed E-state index contributed by atoms with van der Waals surface area (Å²) in [5.74, 6) is -1.26. The van der Waals surface area contributed by atoms with Crippen molar-refractivity contribution >= 4 is 11.8 Å². The molecule has 0 rings (SSSR count). The van der Waals surface area contributed by atoms with Crippen molar-refractivity contribution in [3.8, 4) is 0 Å². The van der Waals surface area contributed by atoms with Gasteiger partial charge in [-0.3, -0.25) is 14.5 Å². The summed E-state index contributed by atoms with van der Waals surface area (Å²) < 4.78 is 35.9. The third-order valence-electron chi connectivity index (χ3n) is 2.76. The smallest absolute Gasteiger partial charge is 0.359 e. The largest absolute Gasteiger partial charge is 0.405 e. The molecule has 0 aliphatic rings. The van der Waals surface area contributed by atoms with Gasteiger partial charge in [0.1, 0.15) is 6.54 Å². The molecule has 2 N–H and O–H groups in total. The van der Waals surface area contributed by atoms with Gasteiger partial charge in [0.15, 0.2) is 0 Å². The highest BCUT2D eigenvalue weighted by molar-refractivity contribution is 5.81. The van der Waals surface area contributed by atoms with Crippen molar-refractivity contribution in [2.24, 2.45) is 5.92 Å². The van der Waals surface area contributed by atoms with Gasteiger partial charge in [0.05, 0.1) is 6.04 Å². The van der Waals surface area contributed by atoms with E-state index in [1.54, 1.807) is 14.0 Å². The van der Waals surface area contributed by atoms with Gasteiger partial charge < -0.3 is 10.6 Å². The monoisotopic (exact) mass is 283 g/mol. The van der Waals surface area contributed by atoms with Crippen LogP contribution in [-0.2, 0) is 9.59 Å². The van der Waals surface area contributed by atoms with Gasteiger partial charge in [-0.25, -0.2) is 0 Å². The Morgan fingerprint density at radius 3 is 2.16 bits per heavy atom. The van der Waals surface area contributed by atoms with Crippen LogP contribution >= 0.6 is 0 Å². The fraction of sp³-hybridized carbons (Fsp3) is 0.818. The second-order valence-corrected chi connectivity index (χ2v) is 4.46. The Hall–Kier alpha value is -1.31. The van der Waals surface area contributed by atoms with Gasteiger partial charge in [0.2, 0.25) is 11.8 Å². The van der Waals surface area contributed by atoms with E-state index in [-0.39, 0.29) is 18.4 Å². The fourth-order valence-corrected chi connectivity index (χ4v) is 1.45. The average molecular weight is 283 g/mol. The Kier molecular flexibility index (Phi) is 6.82. The van der Waals surface area contributed by atoms with Crippen molar-refractivity contribution in [2.45, 2.75) is 26.1 Å². The quantitative estimate of drug-likeness (QED) is 0.740. The highest BCUT2D eigenvalue weighted by Crippen LogP contribution is 2.12. The van der Waals surface area contributed by atoms with Crippen LogP contribution in [0.1, 0.15) is 13.8 Å². The first kappa shape index (κ1) is 17.7. The zero-order chi connectivity index (χ0) is 15.2. The lowest BCUT2D eigenvalue weighted by atomic mass is 10.1. The molecule has 0 saturated carbocycles. The van der Waals surface area contributed by atoms with Crippen LogP contribution in [0.15, 0.2) is 0 Å². The predicted molar refractivity (Wildman–Crippen MR) is 64.4 cm³/mol. The summed E-state index contributed by atoms with van der Waals surface area (Å²) in [6.45, 7) is 2.09. The van der Waals surface area contributed by atoms with Gasteiger partial charge in [0, 0.05) is 19.5 Å². The molecular weight excluding hydrogens is 263 g/mol. The van der Waals surface area contributed by atoms with Crippen LogP contribution < -0.4 is 10.6 Å². The lowest BCUT2D eigenvalue weighted by Crippen LogP contribution is -2.48. The molecule has 19 heavy (non-hydrogen) atoms. The van der Waals surface area contributed by atoms with Crippen LogP contribution in [-0.4, -0.2) is 56.1 Å². The molecule has 2 amide bonds. The van der Waals surface area contributed by atoms with Gasteiger partial charge in [-0.15, -0.1) is 0 Å². The molecule has 0 aromatic rings. The molecule has 0 spiro atoms. The molecule has 0 radical (unpaired) electrons. The molecule has 0 aromatic carbocycles. The summed E-state index contributed by atoms with van der Waals surface area (Å²) in [4.78, 5) is 24.3. The molecule has 2 atom stereocenters. The number of hydrogen-bond acceptors (Lipinski definition) is 3. The predicted octanol–water partition coefficient (Wildman–Crippen LogP) is 0.367. The summed E-state index contributed by atoms with van der Waals surface area (Å²) >= 11 is 0. The number of carbonyl (C=O) groups is 2. The first-order valence-corrected chi connectivity index (χ1v) is 5.84. The van der Waals surface area contributed by atoms with Crippen LogP contribution in [0.4, 0.5) is 13.2 Å². The molecular formula is C11H20F3N3O2. The number of halogens is 3. The zero-order valence-corrected chi connectivity index (χ0v) is 11.5. The van der Waals surface area contributed by atoms with Crippen molar-refractivity contribution in [3.63, 3.8) is 0 Å². The van der Waals surface area contributed by atoms with Crippen LogP contribution in [0, 0.1) is 5.92 Å². The molecule has 0 heterocycles. The lowest BCUT2D eigenvalue weighted by Gasteiger charge is -2.26. The highest BCUT2D eigenvalue weighted by atomic mass is 19.4. The van der Waals surface area contributed by atoms with Crippen molar-refractivity contribution < 1.29 is 22.8 Å². The number of likely N-dealkylation sites (N-methyl/N-ethyl adjacent to an activating group) is 1. The molecule has 0 saturated heterocycles. The first-order valence-electron chi connectivity index (χ1n) is 5.84. The molecule has 0 unspecified atom stereocenters. The molecule has 5 nitrogen and oxygen atoms in total. The number of nitrogens with one attached hydrogen (secondary N) is 2. The zero-order valence-electron chi connectivity index (χ0n) is 11.5. The Labute approximate surface area is 110 Å². The van der Waals surface area contributed by atoms with Crippen LogP contribution in [0.25, 0.3) is 0 Å². The molecule has 0 aromatic heterocycles. The van der Waals surface area contributed by atoms with Crippen molar-refractivity contribution in [1.82, 2.24) is 15.5 Å². The molecule has 0 fully saturated rings. The Morgan fingerprint density at radius 2 is 1.74 bits per heavy atom. The fourth-order valence-electron chi connectivity index (χ4n) is 1.45. The summed E-state index contributed by atoms with van der Waals surface area (Å²) in [6, 6.07) is -0.741. The topological polar surface area (TPSA) is 61.4 Å². The number of carbonyl (C=O) groups excluding carboxylic acids is 2. The van der Waals surface area contributed by atoms with Crippen molar-refractivity contribution in [2.75, 3.05) is 27.2 Å². The Bertz CT molecular complexity index is 321. The number of nitrogens with zero attached hydrogens (tertiary/aromatic N) is 1. The minimum Gasteiger partial charge on any atom is -0.359 e. The van der Waals surface area contributed by atoms with E-state index in [0.717, 1.165) is 0 Å². The maximum atomic E-state index is 12.0.